The van der Waals surface area contributed by atoms with Crippen LogP contribution in [0.5, 0.6) is 5.75 Å². The zero-order chi connectivity index (χ0) is 55.4. The number of alkyl carbamates (subject to hydrolysis) is 1. The largest absolute Gasteiger partial charge is 0.487 e. The number of nitrogens with two attached hydrogens (primary N) is 1. The lowest BCUT2D eigenvalue weighted by Gasteiger charge is -2.35. The van der Waals surface area contributed by atoms with Crippen LogP contribution in [0.15, 0.2) is 9.89 Å². The van der Waals surface area contributed by atoms with Crippen LogP contribution in [0.1, 0.15) is 151 Å². The zero-order valence-corrected chi connectivity index (χ0v) is 46.5. The van der Waals surface area contributed by atoms with E-state index in [9.17, 15) is 47.4 Å². The summed E-state index contributed by atoms with van der Waals surface area (Å²) in [6, 6.07) is -7.04. The van der Waals surface area contributed by atoms with Gasteiger partial charge in [0.05, 0.1) is 23.2 Å². The number of benzene rings is 1. The third-order valence-electron chi connectivity index (χ3n) is 12.2. The molecule has 0 radical (unpaired) electrons. The monoisotopic (exact) mass is 1040 g/mol. The van der Waals surface area contributed by atoms with Crippen molar-refractivity contribution in [1.29, 1.82) is 0 Å². The predicted molar refractivity (Wildman–Crippen MR) is 274 cm³/mol. The van der Waals surface area contributed by atoms with Crippen molar-refractivity contribution in [3.05, 3.63) is 22.3 Å². The maximum atomic E-state index is 14.4. The number of nitrogens with one attached hydrogen (secondary N) is 6. The molecule has 0 bridgehead atoms. The van der Waals surface area contributed by atoms with Gasteiger partial charge in [0.2, 0.25) is 29.6 Å². The first-order valence-corrected chi connectivity index (χ1v) is 26.3. The lowest BCUT2D eigenvalue weighted by Crippen LogP contribution is -2.61. The highest BCUT2D eigenvalue weighted by atomic mass is 32.2. The summed E-state index contributed by atoms with van der Waals surface area (Å²) in [4.78, 5) is 85.7. The second kappa shape index (κ2) is 26.1. The maximum absolute atomic E-state index is 14.4. The summed E-state index contributed by atoms with van der Waals surface area (Å²) in [5, 5.41) is 33.9. The van der Waals surface area contributed by atoms with Crippen molar-refractivity contribution in [3.63, 3.8) is 0 Å². The van der Waals surface area contributed by atoms with Crippen molar-refractivity contribution in [2.24, 2.45) is 28.5 Å². The summed E-state index contributed by atoms with van der Waals surface area (Å²) < 4.78 is 47.4. The SMILES string of the molecule is CC[C@H](C)[C@H](NC(=O)[C@@H](CCCN=C(N)NS(=O)(=O)c1c(C)c(C)c2c(c1C)CCC(C)(C)O2)NC(=O)[C@H](CC(C)C)NC(=O)[C@@H](NC(=O)OC(C)(C)C)[C@H](O)C(C)C)C(=O)N[C@@H](COC(C)(C)C)C(=O)O. The quantitative estimate of drug-likeness (QED) is 0.0403. The maximum Gasteiger partial charge on any atom is 0.408 e. The standard InChI is InChI=1S/C50H86N8O13S/c1-18-28(6)36(43(62)55-35(45(64)65)25-69-48(10,11)12)56-41(60)33(53-42(61)34(24-26(2)3)54-44(63)37(38(59)27(4)5)57-47(66)71-49(13,14)15)20-19-23-52-46(51)58-72(67,68)40-30(8)29(7)39-32(31(40)9)21-22-50(16,17)70-39/h26-28,33-38,59H,18-25H2,1-17H3,(H,53,61)(H,54,63)(H,55,62)(H,56,60)(H,57,66)(H,64,65)(H3,51,52,58)/t28-,33+,34-,35-,36-,37-,38+/m0/s1. The third-order valence-corrected chi connectivity index (χ3v) is 13.8. The molecule has 21 nitrogen and oxygen atoms in total. The van der Waals surface area contributed by atoms with E-state index in [1.807, 2.05) is 13.8 Å². The van der Waals surface area contributed by atoms with Gasteiger partial charge in [-0.3, -0.25) is 24.2 Å². The molecule has 1 aromatic carbocycles. The van der Waals surface area contributed by atoms with Gasteiger partial charge in [0, 0.05) is 6.54 Å². The van der Waals surface area contributed by atoms with Gasteiger partial charge < -0.3 is 56.7 Å². The van der Waals surface area contributed by atoms with Crippen molar-refractivity contribution in [1.82, 2.24) is 31.3 Å². The van der Waals surface area contributed by atoms with Crippen LogP contribution in [0.4, 0.5) is 4.79 Å². The van der Waals surface area contributed by atoms with Crippen LogP contribution in [-0.4, -0.2) is 127 Å². The summed E-state index contributed by atoms with van der Waals surface area (Å²) >= 11 is 0. The van der Waals surface area contributed by atoms with Gasteiger partial charge in [-0.2, -0.15) is 0 Å². The van der Waals surface area contributed by atoms with E-state index in [-0.39, 0.29) is 43.2 Å². The minimum atomic E-state index is -4.25. The fraction of sp³-hybridized carbons (Fsp3) is 0.740. The molecule has 0 fully saturated rings. The minimum absolute atomic E-state index is 0.0268. The molecular formula is C50H86N8O13S. The Bertz CT molecular complexity index is 2240. The highest BCUT2D eigenvalue weighted by Crippen LogP contribution is 2.42. The third kappa shape index (κ3) is 19.3. The van der Waals surface area contributed by atoms with Crippen LogP contribution in [0.2, 0.25) is 0 Å². The van der Waals surface area contributed by atoms with Gasteiger partial charge in [-0.05, 0) is 148 Å². The van der Waals surface area contributed by atoms with E-state index in [4.69, 9.17) is 19.9 Å². The van der Waals surface area contributed by atoms with Crippen molar-refractivity contribution in [2.75, 3.05) is 13.2 Å². The van der Waals surface area contributed by atoms with E-state index in [0.717, 1.165) is 5.56 Å². The molecule has 10 N–H and O–H groups in total. The second-order valence-electron chi connectivity index (χ2n) is 22.2. The number of fused-ring (bicyclic) bond motifs is 1. The van der Waals surface area contributed by atoms with E-state index >= 15 is 0 Å². The molecule has 1 aliphatic rings. The van der Waals surface area contributed by atoms with E-state index in [1.165, 1.54) is 0 Å². The number of aliphatic carboxylic acids is 1. The van der Waals surface area contributed by atoms with Crippen LogP contribution < -0.4 is 41.8 Å². The Balaban J connectivity index is 2.53. The predicted octanol–water partition coefficient (Wildman–Crippen LogP) is 3.93. The van der Waals surface area contributed by atoms with Crippen LogP contribution >= 0.6 is 0 Å². The van der Waals surface area contributed by atoms with E-state index < -0.39 is 117 Å². The molecule has 2 rings (SSSR count). The Morgan fingerprint density at radius 1 is 0.792 bits per heavy atom. The van der Waals surface area contributed by atoms with Gasteiger partial charge in [-0.1, -0.05) is 48.0 Å². The molecule has 0 spiro atoms. The number of aliphatic imine (C=N–C) groups is 1. The number of carboxylic acids is 1. The average molecular weight is 1040 g/mol. The smallest absolute Gasteiger partial charge is 0.408 e. The number of ether oxygens (including phenoxy) is 3. The molecule has 7 atom stereocenters. The Hall–Kier alpha value is -5.22. The van der Waals surface area contributed by atoms with Gasteiger partial charge in [0.15, 0.2) is 6.04 Å². The number of carbonyl (C=O) groups is 6. The fourth-order valence-electron chi connectivity index (χ4n) is 7.82. The normalized spacial score (nSPS) is 16.9. The van der Waals surface area contributed by atoms with Crippen molar-refractivity contribution in [3.8, 4) is 5.75 Å². The molecule has 0 saturated heterocycles. The molecule has 1 heterocycles. The lowest BCUT2D eigenvalue weighted by atomic mass is 9.88. The van der Waals surface area contributed by atoms with Gasteiger partial charge in [0.25, 0.3) is 10.0 Å². The molecular weight excluding hydrogens is 953 g/mol. The van der Waals surface area contributed by atoms with Crippen molar-refractivity contribution < 1.29 is 61.6 Å². The molecule has 0 saturated carbocycles. The van der Waals surface area contributed by atoms with Gasteiger partial charge in [0.1, 0.15) is 41.1 Å². The fourth-order valence-corrected chi connectivity index (χ4v) is 9.35. The number of sulfonamides is 1. The molecule has 5 amide bonds. The van der Waals surface area contributed by atoms with E-state index in [2.05, 4.69) is 36.3 Å². The lowest BCUT2D eigenvalue weighted by molar-refractivity contribution is -0.146. The van der Waals surface area contributed by atoms with Crippen LogP contribution in [0, 0.1) is 38.5 Å². The molecule has 22 heteroatoms. The summed E-state index contributed by atoms with van der Waals surface area (Å²) in [6.07, 6.45) is -0.790. The molecule has 0 aliphatic carbocycles. The molecule has 0 unspecified atom stereocenters. The number of carbonyl (C=O) groups excluding carboxylic acids is 5. The van der Waals surface area contributed by atoms with Gasteiger partial charge in [-0.25, -0.2) is 22.7 Å². The first-order valence-electron chi connectivity index (χ1n) is 24.8. The first-order chi connectivity index (χ1) is 32.9. The summed E-state index contributed by atoms with van der Waals surface area (Å²) in [6.45, 7) is 29.1. The first kappa shape index (κ1) is 62.9. The Morgan fingerprint density at radius 3 is 1.88 bits per heavy atom. The highest BCUT2D eigenvalue weighted by Gasteiger charge is 2.38. The van der Waals surface area contributed by atoms with Crippen LogP contribution in [-0.2, 0) is 49.9 Å². The zero-order valence-electron chi connectivity index (χ0n) is 45.7. The average Bonchev–Trinajstić information content (AvgIpc) is 3.23. The molecule has 0 aromatic heterocycles. The van der Waals surface area contributed by atoms with Crippen molar-refractivity contribution in [2.45, 2.75) is 214 Å². The minimum Gasteiger partial charge on any atom is -0.487 e. The summed E-state index contributed by atoms with van der Waals surface area (Å²) in [5.41, 5.74) is 6.61. The molecule has 72 heavy (non-hydrogen) atoms. The number of hydrogen-bond donors (Lipinski definition) is 9. The number of aliphatic hydroxyl groups is 1. The number of rotatable bonds is 24. The Kier molecular flexibility index (Phi) is 22.8. The number of hydrogen-bond acceptors (Lipinski definition) is 13. The van der Waals surface area contributed by atoms with E-state index in [0.29, 0.717) is 41.7 Å². The summed E-state index contributed by atoms with van der Waals surface area (Å²) in [5.74, 6) is -5.77. The van der Waals surface area contributed by atoms with Crippen LogP contribution in [0.25, 0.3) is 0 Å². The number of guanidine groups is 1. The highest BCUT2D eigenvalue weighted by molar-refractivity contribution is 7.90. The molecule has 1 aliphatic heterocycles. The topological polar surface area (TPSA) is 315 Å². The second-order valence-corrected chi connectivity index (χ2v) is 23.8. The van der Waals surface area contributed by atoms with Crippen LogP contribution in [0.3, 0.4) is 0 Å². The molecule has 410 valence electrons. The van der Waals surface area contributed by atoms with E-state index in [1.54, 1.807) is 104 Å². The number of nitrogens with zero attached hydrogens (tertiary/aromatic N) is 1. The van der Waals surface area contributed by atoms with Gasteiger partial charge >= 0.3 is 12.1 Å². The summed E-state index contributed by atoms with van der Waals surface area (Å²) in [7, 11) is -4.25. The van der Waals surface area contributed by atoms with Crippen molar-refractivity contribution >= 4 is 51.7 Å². The number of carboxylic acid groups (broad SMARTS) is 1. The Labute approximate surface area is 427 Å². The number of aliphatic hydroxyl groups excluding tert-OH is 1. The Morgan fingerprint density at radius 2 is 1.35 bits per heavy atom. The van der Waals surface area contributed by atoms with Gasteiger partial charge in [-0.15, -0.1) is 0 Å². The molecule has 1 aromatic rings. The number of amides is 5.